The van der Waals surface area contributed by atoms with Crippen LogP contribution in [0.3, 0.4) is 0 Å². The molecule has 0 spiro atoms. The average Bonchev–Trinajstić information content (AvgIpc) is 3.18. The van der Waals surface area contributed by atoms with Gasteiger partial charge in [-0.15, -0.1) is 6.58 Å². The van der Waals surface area contributed by atoms with Crippen molar-refractivity contribution in [2.24, 2.45) is 7.05 Å². The van der Waals surface area contributed by atoms with E-state index in [0.717, 1.165) is 29.1 Å². The lowest BCUT2D eigenvalue weighted by Crippen LogP contribution is -2.43. The van der Waals surface area contributed by atoms with Crippen molar-refractivity contribution < 1.29 is 13.2 Å². The lowest BCUT2D eigenvalue weighted by molar-refractivity contribution is -0.132. The van der Waals surface area contributed by atoms with E-state index >= 15 is 0 Å². The molecule has 0 N–H and O–H groups in total. The van der Waals surface area contributed by atoms with Crippen LogP contribution in [0.2, 0.25) is 0 Å². The summed E-state index contributed by atoms with van der Waals surface area (Å²) < 4.78 is 26.6. The van der Waals surface area contributed by atoms with Crippen LogP contribution in [0.5, 0.6) is 0 Å². The molecule has 0 atom stereocenters. The second-order valence-corrected chi connectivity index (χ2v) is 7.69. The van der Waals surface area contributed by atoms with Crippen molar-refractivity contribution in [1.29, 1.82) is 0 Å². The topological polar surface area (TPSA) is 62.6 Å². The van der Waals surface area contributed by atoms with Gasteiger partial charge >= 0.3 is 0 Å². The molecule has 6 nitrogen and oxygen atoms in total. The fraction of sp³-hybridized carbons (Fsp3) is 0.533. The fourth-order valence-corrected chi connectivity index (χ4v) is 3.07. The zero-order valence-electron chi connectivity index (χ0n) is 13.1. The number of carbonyl (C=O) groups is 1. The SMILES string of the molecule is C=CCN(CC(=O)N(Cc1cccn1C)C1CC1)S(C)(=O)=O. The van der Waals surface area contributed by atoms with Gasteiger partial charge in [0.1, 0.15) is 0 Å². The third-order valence-electron chi connectivity index (χ3n) is 3.81. The number of hydrogen-bond acceptors (Lipinski definition) is 3. The van der Waals surface area contributed by atoms with Gasteiger partial charge in [0.15, 0.2) is 0 Å². The van der Waals surface area contributed by atoms with Crippen molar-refractivity contribution in [3.8, 4) is 0 Å². The van der Waals surface area contributed by atoms with E-state index in [1.807, 2.05) is 29.9 Å². The predicted octanol–water partition coefficient (Wildman–Crippen LogP) is 0.964. The highest BCUT2D eigenvalue weighted by molar-refractivity contribution is 7.88. The van der Waals surface area contributed by atoms with Gasteiger partial charge in [0.05, 0.1) is 19.3 Å². The van der Waals surface area contributed by atoms with Gasteiger partial charge in [0, 0.05) is 31.5 Å². The summed E-state index contributed by atoms with van der Waals surface area (Å²) in [6.07, 6.45) is 6.51. The first-order chi connectivity index (χ1) is 10.3. The van der Waals surface area contributed by atoms with Crippen LogP contribution in [0.4, 0.5) is 0 Å². The summed E-state index contributed by atoms with van der Waals surface area (Å²) in [6, 6.07) is 4.14. The summed E-state index contributed by atoms with van der Waals surface area (Å²) in [5.41, 5.74) is 1.04. The average molecular weight is 325 g/mol. The Balaban J connectivity index is 2.09. The van der Waals surface area contributed by atoms with Gasteiger partial charge in [-0.25, -0.2) is 8.42 Å². The second-order valence-electron chi connectivity index (χ2n) is 5.71. The van der Waals surface area contributed by atoms with E-state index < -0.39 is 10.0 Å². The van der Waals surface area contributed by atoms with Crippen LogP contribution in [0, 0.1) is 0 Å². The molecule has 1 aromatic heterocycles. The first-order valence-corrected chi connectivity index (χ1v) is 9.13. The highest BCUT2D eigenvalue weighted by atomic mass is 32.2. The Morgan fingerprint density at radius 3 is 2.64 bits per heavy atom. The van der Waals surface area contributed by atoms with Gasteiger partial charge in [0.25, 0.3) is 0 Å². The molecule has 1 amide bonds. The largest absolute Gasteiger partial charge is 0.353 e. The molecule has 122 valence electrons. The molecule has 22 heavy (non-hydrogen) atoms. The highest BCUT2D eigenvalue weighted by Gasteiger charge is 2.34. The van der Waals surface area contributed by atoms with E-state index in [2.05, 4.69) is 6.58 Å². The minimum Gasteiger partial charge on any atom is -0.353 e. The van der Waals surface area contributed by atoms with Crippen molar-refractivity contribution in [2.45, 2.75) is 25.4 Å². The van der Waals surface area contributed by atoms with Gasteiger partial charge in [0.2, 0.25) is 15.9 Å². The zero-order chi connectivity index (χ0) is 16.3. The number of hydrogen-bond donors (Lipinski definition) is 0. The van der Waals surface area contributed by atoms with E-state index in [1.165, 1.54) is 6.08 Å². The summed E-state index contributed by atoms with van der Waals surface area (Å²) in [5.74, 6) is -0.157. The van der Waals surface area contributed by atoms with Crippen molar-refractivity contribution in [3.05, 3.63) is 36.7 Å². The Kier molecular flexibility index (Phi) is 5.08. The van der Waals surface area contributed by atoms with Crippen LogP contribution in [0.15, 0.2) is 31.0 Å². The number of carbonyl (C=O) groups excluding carboxylic acids is 1. The Morgan fingerprint density at radius 1 is 1.50 bits per heavy atom. The van der Waals surface area contributed by atoms with Crippen LogP contribution < -0.4 is 0 Å². The number of aryl methyl sites for hydroxylation is 1. The minimum atomic E-state index is -3.42. The molecule has 0 radical (unpaired) electrons. The molecule has 1 aromatic rings. The van der Waals surface area contributed by atoms with Crippen molar-refractivity contribution in [3.63, 3.8) is 0 Å². The van der Waals surface area contributed by atoms with Crippen LogP contribution >= 0.6 is 0 Å². The van der Waals surface area contributed by atoms with Gasteiger partial charge in [-0.1, -0.05) is 6.08 Å². The van der Waals surface area contributed by atoms with Gasteiger partial charge < -0.3 is 9.47 Å². The summed E-state index contributed by atoms with van der Waals surface area (Å²) in [6.45, 7) is 4.08. The minimum absolute atomic E-state index is 0.133. The molecule has 1 fully saturated rings. The van der Waals surface area contributed by atoms with Gasteiger partial charge in [-0.05, 0) is 25.0 Å². The Bertz CT molecular complexity index is 647. The number of amides is 1. The van der Waals surface area contributed by atoms with Gasteiger partial charge in [-0.3, -0.25) is 4.79 Å². The summed E-state index contributed by atoms with van der Waals surface area (Å²) in [5, 5.41) is 0. The van der Waals surface area contributed by atoms with Gasteiger partial charge in [-0.2, -0.15) is 4.31 Å². The zero-order valence-corrected chi connectivity index (χ0v) is 13.9. The van der Waals surface area contributed by atoms with E-state index in [-0.39, 0.29) is 25.0 Å². The van der Waals surface area contributed by atoms with Crippen LogP contribution in [0.1, 0.15) is 18.5 Å². The first-order valence-electron chi connectivity index (χ1n) is 7.28. The second kappa shape index (κ2) is 6.66. The number of aromatic nitrogens is 1. The summed E-state index contributed by atoms with van der Waals surface area (Å²) >= 11 is 0. The monoisotopic (exact) mass is 325 g/mol. The smallest absolute Gasteiger partial charge is 0.238 e. The predicted molar refractivity (Wildman–Crippen MR) is 85.6 cm³/mol. The molecule has 2 rings (SSSR count). The van der Waals surface area contributed by atoms with Crippen LogP contribution in [-0.2, 0) is 28.4 Å². The quantitative estimate of drug-likeness (QED) is 0.669. The maximum Gasteiger partial charge on any atom is 0.238 e. The molecule has 1 heterocycles. The molecule has 0 bridgehead atoms. The lowest BCUT2D eigenvalue weighted by Gasteiger charge is -2.26. The Morgan fingerprint density at radius 2 is 2.18 bits per heavy atom. The molecule has 1 aliphatic carbocycles. The van der Waals surface area contributed by atoms with E-state index in [0.29, 0.717) is 6.54 Å². The summed E-state index contributed by atoms with van der Waals surface area (Å²) in [7, 11) is -1.49. The maximum atomic E-state index is 12.6. The third kappa shape index (κ3) is 4.20. The molecule has 7 heteroatoms. The lowest BCUT2D eigenvalue weighted by atomic mass is 10.3. The van der Waals surface area contributed by atoms with Crippen molar-refractivity contribution in [1.82, 2.24) is 13.8 Å². The number of rotatable bonds is 8. The normalized spacial score (nSPS) is 15.0. The molecule has 0 aromatic carbocycles. The summed E-state index contributed by atoms with van der Waals surface area (Å²) in [4.78, 5) is 14.4. The number of sulfonamides is 1. The Labute approximate surface area is 132 Å². The van der Waals surface area contributed by atoms with E-state index in [4.69, 9.17) is 0 Å². The fourth-order valence-electron chi connectivity index (χ4n) is 2.35. The molecule has 1 saturated carbocycles. The van der Waals surface area contributed by atoms with Crippen LogP contribution in [0.25, 0.3) is 0 Å². The van der Waals surface area contributed by atoms with E-state index in [9.17, 15) is 13.2 Å². The molecule has 0 saturated heterocycles. The van der Waals surface area contributed by atoms with Crippen LogP contribution in [-0.4, -0.2) is 53.5 Å². The van der Waals surface area contributed by atoms with E-state index in [1.54, 1.807) is 4.90 Å². The molecule has 0 unspecified atom stereocenters. The molecular weight excluding hydrogens is 302 g/mol. The third-order valence-corrected chi connectivity index (χ3v) is 5.02. The molecule has 0 aliphatic heterocycles. The maximum absolute atomic E-state index is 12.6. The van der Waals surface area contributed by atoms with Crippen molar-refractivity contribution >= 4 is 15.9 Å². The molecular formula is C15H23N3O3S. The Hall–Kier alpha value is -1.60. The standard InChI is InChI=1S/C15H23N3O3S/c1-4-9-17(22(3,20)21)12-15(19)18(13-7-8-13)11-14-6-5-10-16(14)2/h4-6,10,13H,1,7-9,11-12H2,2-3H3. The van der Waals surface area contributed by atoms with Crippen molar-refractivity contribution in [2.75, 3.05) is 19.3 Å². The highest BCUT2D eigenvalue weighted by Crippen LogP contribution is 2.28. The first kappa shape index (κ1) is 16.8. The number of nitrogens with zero attached hydrogens (tertiary/aromatic N) is 3. The molecule has 1 aliphatic rings.